The standard InChI is InChI=1S/C14H17BrN2.ClH/c1-2-7-17-12-8-16-9-13(17)14(12)10-3-5-11(15)6-4-10;/h2-6,12-14,16H,1,7-9H2;1H/t12-,13+,14?;. The largest absolute Gasteiger partial charge is 1.00 e. The molecule has 2 nitrogen and oxygen atoms in total. The summed E-state index contributed by atoms with van der Waals surface area (Å²) in [7, 11) is 0. The van der Waals surface area contributed by atoms with Crippen LogP contribution >= 0.6 is 15.9 Å². The van der Waals surface area contributed by atoms with Gasteiger partial charge in [-0.3, -0.25) is 4.90 Å². The van der Waals surface area contributed by atoms with Gasteiger partial charge in [0.15, 0.2) is 0 Å². The van der Waals surface area contributed by atoms with Crippen molar-refractivity contribution in [1.29, 1.82) is 0 Å². The van der Waals surface area contributed by atoms with E-state index in [4.69, 9.17) is 0 Å². The molecule has 0 saturated carbocycles. The molecule has 0 radical (unpaired) electrons. The third-order valence-corrected chi connectivity index (χ3v) is 4.62. The lowest BCUT2D eigenvalue weighted by atomic mass is 9.72. The minimum Gasteiger partial charge on any atom is -1.00 e. The Hall–Kier alpha value is -0.350. The Morgan fingerprint density at radius 1 is 1.28 bits per heavy atom. The van der Waals surface area contributed by atoms with Crippen LogP contribution in [-0.2, 0) is 0 Å². The second-order valence-electron chi connectivity index (χ2n) is 4.96. The summed E-state index contributed by atoms with van der Waals surface area (Å²) in [5, 5.41) is 2.45. The molecule has 1 aromatic carbocycles. The van der Waals surface area contributed by atoms with Gasteiger partial charge in [0.25, 0.3) is 0 Å². The Bertz CT molecular complexity index is 408. The van der Waals surface area contributed by atoms with Crippen LogP contribution in [-0.4, -0.2) is 36.6 Å². The predicted molar refractivity (Wildman–Crippen MR) is 73.0 cm³/mol. The van der Waals surface area contributed by atoms with E-state index in [1.165, 1.54) is 23.1 Å². The molecule has 1 unspecified atom stereocenters. The molecule has 0 aromatic heterocycles. The van der Waals surface area contributed by atoms with Gasteiger partial charge in [0.05, 0.1) is 25.2 Å². The first kappa shape index (κ1) is 14.1. The summed E-state index contributed by atoms with van der Waals surface area (Å²) in [6.07, 6.45) is 2.03. The maximum Gasteiger partial charge on any atom is 0.0920 e. The topological polar surface area (TPSA) is 19.9 Å². The summed E-state index contributed by atoms with van der Waals surface area (Å²) in [5.41, 5.74) is 1.50. The SMILES string of the molecule is C=CCN1[C@@H]2C[NH2+]C[C@H]1C2c1ccc(Br)cc1.[Cl-]. The second-order valence-corrected chi connectivity index (χ2v) is 5.87. The number of piperazine rings is 1. The summed E-state index contributed by atoms with van der Waals surface area (Å²) in [4.78, 5) is 2.60. The lowest BCUT2D eigenvalue weighted by molar-refractivity contribution is -0.689. The van der Waals surface area contributed by atoms with E-state index < -0.39 is 0 Å². The van der Waals surface area contributed by atoms with E-state index in [2.05, 4.69) is 57.0 Å². The molecule has 3 rings (SSSR count). The molecule has 2 N–H and O–H groups in total. The number of rotatable bonds is 3. The number of hydrogen-bond acceptors (Lipinski definition) is 1. The second kappa shape index (κ2) is 5.74. The van der Waals surface area contributed by atoms with Gasteiger partial charge in [-0.25, -0.2) is 0 Å². The molecular weight excluding hydrogens is 312 g/mol. The molecule has 3 atom stereocenters. The molecule has 0 aliphatic carbocycles. The predicted octanol–water partition coefficient (Wildman–Crippen LogP) is -1.65. The average Bonchev–Trinajstić information content (AvgIpc) is 2.37. The molecule has 1 aromatic rings. The first-order valence-electron chi connectivity index (χ1n) is 6.25. The van der Waals surface area contributed by atoms with Gasteiger partial charge in [-0.1, -0.05) is 34.1 Å². The minimum atomic E-state index is 0. The van der Waals surface area contributed by atoms with E-state index in [0.717, 1.165) is 12.5 Å². The first-order chi connectivity index (χ1) is 8.31. The van der Waals surface area contributed by atoms with Crippen LogP contribution in [0.4, 0.5) is 0 Å². The maximum atomic E-state index is 3.86. The molecule has 2 aliphatic rings. The average molecular weight is 330 g/mol. The van der Waals surface area contributed by atoms with E-state index in [0.29, 0.717) is 12.1 Å². The lowest BCUT2D eigenvalue weighted by Crippen LogP contribution is -3.00. The zero-order valence-corrected chi connectivity index (χ0v) is 12.6. The van der Waals surface area contributed by atoms with Gasteiger partial charge in [0.2, 0.25) is 0 Å². The van der Waals surface area contributed by atoms with Crippen LogP contribution in [0.25, 0.3) is 0 Å². The molecule has 2 bridgehead atoms. The number of benzene rings is 1. The van der Waals surface area contributed by atoms with E-state index >= 15 is 0 Å². The Morgan fingerprint density at radius 3 is 2.44 bits per heavy atom. The van der Waals surface area contributed by atoms with Crippen LogP contribution < -0.4 is 17.7 Å². The Kier molecular flexibility index (Phi) is 4.49. The number of nitrogens with two attached hydrogens (primary N) is 1. The smallest absolute Gasteiger partial charge is 0.0920 e. The summed E-state index contributed by atoms with van der Waals surface area (Å²) < 4.78 is 1.17. The Labute approximate surface area is 123 Å². The van der Waals surface area contributed by atoms with E-state index in [-0.39, 0.29) is 12.4 Å². The van der Waals surface area contributed by atoms with Crippen molar-refractivity contribution in [2.75, 3.05) is 19.6 Å². The van der Waals surface area contributed by atoms with Crippen molar-refractivity contribution in [3.05, 3.63) is 47.0 Å². The van der Waals surface area contributed by atoms with Gasteiger partial charge < -0.3 is 17.7 Å². The van der Waals surface area contributed by atoms with Crippen molar-refractivity contribution in [1.82, 2.24) is 4.90 Å². The molecule has 18 heavy (non-hydrogen) atoms. The van der Waals surface area contributed by atoms with Crippen LogP contribution in [0.2, 0.25) is 0 Å². The lowest BCUT2D eigenvalue weighted by Gasteiger charge is -2.57. The zero-order chi connectivity index (χ0) is 11.8. The van der Waals surface area contributed by atoms with Crippen molar-refractivity contribution < 1.29 is 17.7 Å². The summed E-state index contributed by atoms with van der Waals surface area (Å²) in [6.45, 7) is 7.35. The Morgan fingerprint density at radius 2 is 1.89 bits per heavy atom. The van der Waals surface area contributed by atoms with Gasteiger partial charge in [-0.2, -0.15) is 0 Å². The maximum absolute atomic E-state index is 3.86. The number of hydrogen-bond donors (Lipinski definition) is 1. The third-order valence-electron chi connectivity index (χ3n) is 4.09. The number of nitrogens with zero attached hydrogens (tertiary/aromatic N) is 1. The number of halogens is 2. The van der Waals surface area contributed by atoms with Crippen LogP contribution in [0, 0.1) is 0 Å². The highest BCUT2D eigenvalue weighted by Crippen LogP contribution is 2.40. The normalized spacial score (nSPS) is 30.2. The molecular formula is C14H18BrClN2. The molecule has 0 amide bonds. The summed E-state index contributed by atoms with van der Waals surface area (Å²) in [6, 6.07) is 10.3. The molecule has 2 heterocycles. The molecule has 0 spiro atoms. The number of fused-ring (bicyclic) bond motifs is 2. The van der Waals surface area contributed by atoms with Gasteiger partial charge in [-0.05, 0) is 17.7 Å². The minimum absolute atomic E-state index is 0. The first-order valence-corrected chi connectivity index (χ1v) is 7.04. The molecule has 98 valence electrons. The van der Waals surface area contributed by atoms with Crippen molar-refractivity contribution in [3.63, 3.8) is 0 Å². The van der Waals surface area contributed by atoms with Crippen molar-refractivity contribution in [3.8, 4) is 0 Å². The Balaban J connectivity index is 0.00000120. The van der Waals surface area contributed by atoms with Gasteiger partial charge in [0.1, 0.15) is 0 Å². The van der Waals surface area contributed by atoms with E-state index in [1.807, 2.05) is 6.08 Å². The van der Waals surface area contributed by atoms with Crippen molar-refractivity contribution in [2.45, 2.75) is 18.0 Å². The third kappa shape index (κ3) is 2.25. The fourth-order valence-electron chi connectivity index (χ4n) is 3.36. The highest BCUT2D eigenvalue weighted by atomic mass is 79.9. The highest BCUT2D eigenvalue weighted by Gasteiger charge is 2.52. The molecule has 4 heteroatoms. The van der Waals surface area contributed by atoms with Crippen molar-refractivity contribution >= 4 is 15.9 Å². The zero-order valence-electron chi connectivity index (χ0n) is 10.2. The van der Waals surface area contributed by atoms with Crippen LogP contribution in [0.15, 0.2) is 41.4 Å². The van der Waals surface area contributed by atoms with Crippen LogP contribution in [0.5, 0.6) is 0 Å². The van der Waals surface area contributed by atoms with Crippen molar-refractivity contribution in [2.24, 2.45) is 0 Å². The van der Waals surface area contributed by atoms with E-state index in [9.17, 15) is 0 Å². The van der Waals surface area contributed by atoms with Crippen LogP contribution in [0.3, 0.4) is 0 Å². The number of piperidine rings is 1. The fraction of sp³-hybridized carbons (Fsp3) is 0.429. The summed E-state index contributed by atoms with van der Waals surface area (Å²) in [5.74, 6) is 0.730. The van der Waals surface area contributed by atoms with E-state index in [1.54, 1.807) is 0 Å². The summed E-state index contributed by atoms with van der Waals surface area (Å²) >= 11 is 3.50. The van der Waals surface area contributed by atoms with Gasteiger partial charge >= 0.3 is 0 Å². The number of quaternary nitrogens is 1. The van der Waals surface area contributed by atoms with Gasteiger partial charge in [0, 0.05) is 16.9 Å². The van der Waals surface area contributed by atoms with Crippen LogP contribution in [0.1, 0.15) is 11.5 Å². The quantitative estimate of drug-likeness (QED) is 0.659. The fourth-order valence-corrected chi connectivity index (χ4v) is 3.63. The van der Waals surface area contributed by atoms with Gasteiger partial charge in [-0.15, -0.1) is 6.58 Å². The monoisotopic (exact) mass is 328 g/mol. The molecule has 2 aliphatic heterocycles. The molecule has 2 fully saturated rings. The highest BCUT2D eigenvalue weighted by molar-refractivity contribution is 9.10. The molecule has 2 saturated heterocycles.